The zero-order valence-corrected chi connectivity index (χ0v) is 15.9. The number of fused-ring (bicyclic) bond motifs is 1. The molecule has 0 saturated heterocycles. The molecule has 0 fully saturated rings. The minimum Gasteiger partial charge on any atom is -0.312 e. The van der Waals surface area contributed by atoms with E-state index in [-0.39, 0.29) is 28.9 Å². The van der Waals surface area contributed by atoms with Crippen LogP contribution in [0.3, 0.4) is 0 Å². The predicted octanol–water partition coefficient (Wildman–Crippen LogP) is 2.24. The molecule has 1 N–H and O–H groups in total. The monoisotopic (exact) mass is 393 g/mol. The van der Waals surface area contributed by atoms with Crippen LogP contribution in [0.1, 0.15) is 25.3 Å². The lowest BCUT2D eigenvalue weighted by atomic mass is 10.2. The van der Waals surface area contributed by atoms with Crippen LogP contribution in [0.15, 0.2) is 34.7 Å². The molecular formula is C17H19N3O4S2. The molecule has 2 amide bonds. The molecule has 3 rings (SSSR count). The molecule has 0 spiro atoms. The molecule has 138 valence electrons. The average Bonchev–Trinajstić information content (AvgIpc) is 3.28. The Bertz CT molecular complexity index is 923. The Morgan fingerprint density at radius 1 is 1.35 bits per heavy atom. The van der Waals surface area contributed by atoms with Gasteiger partial charge in [-0.2, -0.15) is 0 Å². The summed E-state index contributed by atoms with van der Waals surface area (Å²) in [5.41, 5.74) is 1.62. The standard InChI is InChI=1S/C17H19N3O4S2/c1-2-16(22)20-8-5-12-11-13(3-4-14(12)20)26(23,24)10-6-15(21)19-17-18-7-9-25-17/h3-4,7,9,11H,2,5-6,8,10H2,1H3,(H,18,19,21). The molecule has 0 bridgehead atoms. The molecule has 1 aliphatic rings. The van der Waals surface area contributed by atoms with Crippen molar-refractivity contribution in [2.45, 2.75) is 31.1 Å². The lowest BCUT2D eigenvalue weighted by Crippen LogP contribution is -2.27. The number of anilines is 2. The normalized spacial score (nSPS) is 13.5. The van der Waals surface area contributed by atoms with Crippen molar-refractivity contribution in [3.63, 3.8) is 0 Å². The van der Waals surface area contributed by atoms with E-state index in [4.69, 9.17) is 0 Å². The van der Waals surface area contributed by atoms with E-state index in [0.29, 0.717) is 24.5 Å². The fraction of sp³-hybridized carbons (Fsp3) is 0.353. The van der Waals surface area contributed by atoms with Crippen LogP contribution in [0.25, 0.3) is 0 Å². The molecular weight excluding hydrogens is 374 g/mol. The maximum absolute atomic E-state index is 12.5. The van der Waals surface area contributed by atoms with E-state index in [0.717, 1.165) is 11.3 Å². The van der Waals surface area contributed by atoms with Crippen molar-refractivity contribution in [2.24, 2.45) is 0 Å². The topological polar surface area (TPSA) is 96.4 Å². The van der Waals surface area contributed by atoms with Gasteiger partial charge in [-0.15, -0.1) is 11.3 Å². The summed E-state index contributed by atoms with van der Waals surface area (Å²) in [6, 6.07) is 4.80. The van der Waals surface area contributed by atoms with Gasteiger partial charge >= 0.3 is 0 Å². The van der Waals surface area contributed by atoms with E-state index >= 15 is 0 Å². The molecule has 1 aromatic heterocycles. The fourth-order valence-electron chi connectivity index (χ4n) is 2.83. The second kappa shape index (κ2) is 7.55. The molecule has 9 heteroatoms. The largest absolute Gasteiger partial charge is 0.312 e. The van der Waals surface area contributed by atoms with Crippen LogP contribution in [-0.4, -0.2) is 37.5 Å². The Morgan fingerprint density at radius 2 is 2.15 bits per heavy atom. The van der Waals surface area contributed by atoms with E-state index in [9.17, 15) is 18.0 Å². The van der Waals surface area contributed by atoms with E-state index in [1.165, 1.54) is 17.4 Å². The quantitative estimate of drug-likeness (QED) is 0.812. The van der Waals surface area contributed by atoms with Gasteiger partial charge in [-0.3, -0.25) is 9.59 Å². The number of nitrogens with zero attached hydrogens (tertiary/aromatic N) is 2. The highest BCUT2D eigenvalue weighted by molar-refractivity contribution is 7.91. The molecule has 1 aromatic carbocycles. The Hall–Kier alpha value is -2.26. The number of carbonyl (C=O) groups is 2. The number of carbonyl (C=O) groups excluding carboxylic acids is 2. The number of rotatable bonds is 6. The maximum Gasteiger partial charge on any atom is 0.227 e. The van der Waals surface area contributed by atoms with Gasteiger partial charge < -0.3 is 10.2 Å². The molecule has 0 aliphatic carbocycles. The highest BCUT2D eigenvalue weighted by atomic mass is 32.2. The Morgan fingerprint density at radius 3 is 2.85 bits per heavy atom. The van der Waals surface area contributed by atoms with Gasteiger partial charge in [0.25, 0.3) is 0 Å². The van der Waals surface area contributed by atoms with Gasteiger partial charge in [-0.25, -0.2) is 13.4 Å². The SMILES string of the molecule is CCC(=O)N1CCc2cc(S(=O)(=O)CCC(=O)Nc3nccs3)ccc21. The van der Waals surface area contributed by atoms with Crippen molar-refractivity contribution < 1.29 is 18.0 Å². The molecule has 0 atom stereocenters. The Kier molecular flexibility index (Phi) is 5.38. The van der Waals surface area contributed by atoms with Crippen LogP contribution in [0, 0.1) is 0 Å². The molecule has 2 heterocycles. The number of hydrogen-bond donors (Lipinski definition) is 1. The first-order chi connectivity index (χ1) is 12.4. The van der Waals surface area contributed by atoms with Crippen LogP contribution in [0.4, 0.5) is 10.8 Å². The van der Waals surface area contributed by atoms with Crippen molar-refractivity contribution >= 4 is 43.8 Å². The average molecular weight is 393 g/mol. The van der Waals surface area contributed by atoms with Gasteiger partial charge in [0.05, 0.1) is 10.6 Å². The van der Waals surface area contributed by atoms with Crippen LogP contribution < -0.4 is 10.2 Å². The number of amides is 2. The van der Waals surface area contributed by atoms with Crippen LogP contribution >= 0.6 is 11.3 Å². The molecule has 7 nitrogen and oxygen atoms in total. The zero-order valence-electron chi connectivity index (χ0n) is 14.3. The smallest absolute Gasteiger partial charge is 0.227 e. The molecule has 0 radical (unpaired) electrons. The van der Waals surface area contributed by atoms with E-state index in [1.807, 2.05) is 0 Å². The zero-order chi connectivity index (χ0) is 18.7. The van der Waals surface area contributed by atoms with Gasteiger partial charge in [0, 0.05) is 36.7 Å². The second-order valence-corrected chi connectivity index (χ2v) is 8.90. The minimum atomic E-state index is -3.58. The maximum atomic E-state index is 12.5. The van der Waals surface area contributed by atoms with Crippen LogP contribution in [-0.2, 0) is 25.8 Å². The fourth-order valence-corrected chi connectivity index (χ4v) is 4.67. The molecule has 0 unspecified atom stereocenters. The van der Waals surface area contributed by atoms with Crippen LogP contribution in [0.2, 0.25) is 0 Å². The summed E-state index contributed by atoms with van der Waals surface area (Å²) >= 11 is 1.27. The van der Waals surface area contributed by atoms with Crippen molar-refractivity contribution in [2.75, 3.05) is 22.5 Å². The van der Waals surface area contributed by atoms with E-state index in [2.05, 4.69) is 10.3 Å². The predicted molar refractivity (Wildman–Crippen MR) is 100 cm³/mol. The number of nitrogens with one attached hydrogen (secondary N) is 1. The summed E-state index contributed by atoms with van der Waals surface area (Å²) in [4.78, 5) is 29.6. The number of aromatic nitrogens is 1. The van der Waals surface area contributed by atoms with Gasteiger partial charge in [-0.05, 0) is 30.2 Å². The van der Waals surface area contributed by atoms with Gasteiger partial charge in [0.1, 0.15) is 0 Å². The lowest BCUT2D eigenvalue weighted by Gasteiger charge is -2.16. The summed E-state index contributed by atoms with van der Waals surface area (Å²) in [5, 5.41) is 4.75. The minimum absolute atomic E-state index is 0.0261. The molecule has 1 aliphatic heterocycles. The molecule has 0 saturated carbocycles. The molecule has 26 heavy (non-hydrogen) atoms. The van der Waals surface area contributed by atoms with E-state index < -0.39 is 9.84 Å². The summed E-state index contributed by atoms with van der Waals surface area (Å²) in [6.07, 6.45) is 2.47. The van der Waals surface area contributed by atoms with E-state index in [1.54, 1.807) is 35.5 Å². The number of benzene rings is 1. The number of sulfone groups is 1. The third-order valence-corrected chi connectivity index (χ3v) is 6.59. The first-order valence-electron chi connectivity index (χ1n) is 8.26. The van der Waals surface area contributed by atoms with Crippen molar-refractivity contribution in [1.82, 2.24) is 4.98 Å². The third-order valence-electron chi connectivity index (χ3n) is 4.19. The van der Waals surface area contributed by atoms with Gasteiger partial charge in [0.2, 0.25) is 11.8 Å². The third kappa shape index (κ3) is 3.94. The summed E-state index contributed by atoms with van der Waals surface area (Å²) < 4.78 is 25.1. The van der Waals surface area contributed by atoms with Gasteiger partial charge in [-0.1, -0.05) is 6.92 Å². The molecule has 2 aromatic rings. The highest BCUT2D eigenvalue weighted by Crippen LogP contribution is 2.31. The van der Waals surface area contributed by atoms with Crippen molar-refractivity contribution in [3.05, 3.63) is 35.3 Å². The number of hydrogen-bond acceptors (Lipinski definition) is 6. The second-order valence-electron chi connectivity index (χ2n) is 5.89. The lowest BCUT2D eigenvalue weighted by molar-refractivity contribution is -0.118. The summed E-state index contributed by atoms with van der Waals surface area (Å²) in [6.45, 7) is 2.37. The Labute approximate surface area is 156 Å². The summed E-state index contributed by atoms with van der Waals surface area (Å²) in [5.74, 6) is -0.636. The van der Waals surface area contributed by atoms with Crippen molar-refractivity contribution in [3.8, 4) is 0 Å². The van der Waals surface area contributed by atoms with Gasteiger partial charge in [0.15, 0.2) is 15.0 Å². The van der Waals surface area contributed by atoms with Crippen LogP contribution in [0.5, 0.6) is 0 Å². The first-order valence-corrected chi connectivity index (χ1v) is 10.8. The first kappa shape index (κ1) is 18.5. The summed E-state index contributed by atoms with van der Waals surface area (Å²) in [7, 11) is -3.58. The number of thiazole rings is 1. The highest BCUT2D eigenvalue weighted by Gasteiger charge is 2.26. The Balaban J connectivity index is 1.68. The van der Waals surface area contributed by atoms with Crippen molar-refractivity contribution in [1.29, 1.82) is 0 Å².